The summed E-state index contributed by atoms with van der Waals surface area (Å²) in [7, 11) is 0. The number of likely N-dealkylation sites (tertiary alicyclic amines) is 1. The van der Waals surface area contributed by atoms with Crippen LogP contribution < -0.4 is 5.32 Å². The van der Waals surface area contributed by atoms with Crippen LogP contribution in [0.2, 0.25) is 5.02 Å². The van der Waals surface area contributed by atoms with Gasteiger partial charge in [-0.15, -0.1) is 0 Å². The zero-order valence-electron chi connectivity index (χ0n) is 21.2. The monoisotopic (exact) mass is 574 g/mol. The number of nitrogens with zero attached hydrogens (tertiary/aromatic N) is 3. The number of piperidine rings is 1. The number of β-amino-alcohol motifs (C(OH)–C–C–N with tert-alkyl or cyclic N) is 1. The van der Waals surface area contributed by atoms with Gasteiger partial charge in [0.25, 0.3) is 0 Å². The van der Waals surface area contributed by atoms with E-state index in [0.29, 0.717) is 13.0 Å². The number of anilines is 1. The second-order valence-corrected chi connectivity index (χ2v) is 10.8. The van der Waals surface area contributed by atoms with Crippen molar-refractivity contribution in [2.24, 2.45) is 5.41 Å². The van der Waals surface area contributed by atoms with Crippen LogP contribution in [0.25, 0.3) is 0 Å². The fourth-order valence-electron chi connectivity index (χ4n) is 5.32. The molecule has 0 unspecified atom stereocenters. The lowest BCUT2D eigenvalue weighted by atomic mass is 9.90. The number of urea groups is 1. The molecule has 4 amide bonds. The molecule has 3 N–H and O–H groups in total. The van der Waals surface area contributed by atoms with Crippen LogP contribution in [-0.4, -0.2) is 93.1 Å². The van der Waals surface area contributed by atoms with E-state index in [-0.39, 0.29) is 49.5 Å². The molecule has 1 aromatic rings. The fraction of sp³-hybridized carbons (Fsp3) is 0.600. The number of piperazine rings is 1. The minimum atomic E-state index is -4.66. The Morgan fingerprint density at radius 3 is 2.44 bits per heavy atom. The van der Waals surface area contributed by atoms with E-state index in [0.717, 1.165) is 40.8 Å². The van der Waals surface area contributed by atoms with Gasteiger partial charge in [0.05, 0.1) is 16.7 Å². The van der Waals surface area contributed by atoms with Gasteiger partial charge < -0.3 is 30.2 Å². The summed E-state index contributed by atoms with van der Waals surface area (Å²) in [6.07, 6.45) is -2.89. The normalized spacial score (nSPS) is 23.5. The Labute approximate surface area is 227 Å². The lowest BCUT2D eigenvalue weighted by Gasteiger charge is -2.41. The van der Waals surface area contributed by atoms with E-state index in [9.17, 15) is 42.6 Å². The van der Waals surface area contributed by atoms with E-state index >= 15 is 0 Å². The first-order chi connectivity index (χ1) is 18.2. The van der Waals surface area contributed by atoms with Crippen LogP contribution >= 0.6 is 11.6 Å². The number of hydrogen-bond donors (Lipinski definition) is 3. The van der Waals surface area contributed by atoms with Crippen LogP contribution in [0.4, 0.5) is 23.7 Å². The second kappa shape index (κ2) is 10.8. The number of aliphatic carboxylic acids is 1. The minimum absolute atomic E-state index is 0.00237. The molecule has 1 aliphatic carbocycles. The van der Waals surface area contributed by atoms with Gasteiger partial charge in [-0.2, -0.15) is 13.2 Å². The molecule has 0 bridgehead atoms. The number of carbonyl (C=O) groups is 4. The third kappa shape index (κ3) is 6.08. The maximum atomic E-state index is 13.1. The first-order valence-corrected chi connectivity index (χ1v) is 13.0. The smallest absolute Gasteiger partial charge is 0.417 e. The van der Waals surface area contributed by atoms with E-state index in [2.05, 4.69) is 5.32 Å². The van der Waals surface area contributed by atoms with Gasteiger partial charge in [-0.05, 0) is 56.2 Å². The first kappa shape index (κ1) is 28.9. The third-order valence-electron chi connectivity index (χ3n) is 7.99. The maximum Gasteiger partial charge on any atom is 0.417 e. The summed E-state index contributed by atoms with van der Waals surface area (Å²) in [5, 5.41) is 22.0. The average molecular weight is 575 g/mol. The van der Waals surface area contributed by atoms with Crippen LogP contribution in [0.1, 0.15) is 44.6 Å². The third-order valence-corrected chi connectivity index (χ3v) is 8.31. The number of carboxylic acid groups (broad SMARTS) is 1. The summed E-state index contributed by atoms with van der Waals surface area (Å²) < 4.78 is 38.8. The van der Waals surface area contributed by atoms with E-state index in [1.807, 2.05) is 0 Å². The van der Waals surface area contributed by atoms with Crippen molar-refractivity contribution in [3.8, 4) is 0 Å². The van der Waals surface area contributed by atoms with Gasteiger partial charge in [0.15, 0.2) is 0 Å². The molecule has 2 aliphatic heterocycles. The number of hydrogen-bond acceptors (Lipinski definition) is 5. The zero-order chi connectivity index (χ0) is 28.7. The number of aliphatic hydroxyl groups is 1. The molecule has 4 rings (SSSR count). The summed E-state index contributed by atoms with van der Waals surface area (Å²) in [5.41, 5.74) is -1.13. The molecule has 3 fully saturated rings. The van der Waals surface area contributed by atoms with Crippen molar-refractivity contribution in [2.75, 3.05) is 31.5 Å². The Balaban J connectivity index is 1.34. The highest BCUT2D eigenvalue weighted by Gasteiger charge is 2.52. The van der Waals surface area contributed by atoms with Crippen molar-refractivity contribution in [3.63, 3.8) is 0 Å². The molecular formula is C25H30ClF3N4O6. The van der Waals surface area contributed by atoms with Gasteiger partial charge in [0.1, 0.15) is 12.1 Å². The number of aliphatic hydroxyl groups excluding tert-OH is 1. The molecule has 1 spiro atoms. The highest BCUT2D eigenvalue weighted by atomic mass is 35.5. The van der Waals surface area contributed by atoms with Gasteiger partial charge in [0.2, 0.25) is 11.8 Å². The topological polar surface area (TPSA) is 130 Å². The van der Waals surface area contributed by atoms with Crippen LogP contribution in [-0.2, 0) is 20.6 Å². The van der Waals surface area contributed by atoms with Crippen LogP contribution in [0.5, 0.6) is 0 Å². The summed E-state index contributed by atoms with van der Waals surface area (Å²) in [6.45, 7) is 1.98. The molecule has 10 nitrogen and oxygen atoms in total. The van der Waals surface area contributed by atoms with Gasteiger partial charge in [-0.1, -0.05) is 11.6 Å². The molecular weight excluding hydrogens is 545 g/mol. The average Bonchev–Trinajstić information content (AvgIpc) is 3.63. The number of carbonyl (C=O) groups excluding carboxylic acids is 3. The largest absolute Gasteiger partial charge is 0.480 e. The van der Waals surface area contributed by atoms with Crippen LogP contribution in [0.3, 0.4) is 0 Å². The molecule has 3 aliphatic rings. The van der Waals surface area contributed by atoms with E-state index in [1.165, 1.54) is 11.8 Å². The summed E-state index contributed by atoms with van der Waals surface area (Å²) in [4.78, 5) is 54.4. The summed E-state index contributed by atoms with van der Waals surface area (Å²) in [5.74, 6) is -2.20. The Morgan fingerprint density at radius 2 is 1.87 bits per heavy atom. The SMILES string of the molecule is C[C@H]1C(=O)N([C@@H](CCC(=O)N2CCC3(CC3)[C@H](O)C2)C(=O)O)CCN1C(=O)Nc1ccc(C(F)(F)F)c(Cl)c1. The van der Waals surface area contributed by atoms with Gasteiger partial charge in [0, 0.05) is 38.3 Å². The Bertz CT molecular complexity index is 1160. The number of alkyl halides is 3. The highest BCUT2D eigenvalue weighted by Crippen LogP contribution is 2.53. The highest BCUT2D eigenvalue weighted by molar-refractivity contribution is 6.31. The molecule has 2 heterocycles. The lowest BCUT2D eigenvalue weighted by molar-refractivity contribution is -0.155. The Morgan fingerprint density at radius 1 is 1.18 bits per heavy atom. The molecule has 2 saturated heterocycles. The predicted molar refractivity (Wildman–Crippen MR) is 133 cm³/mol. The van der Waals surface area contributed by atoms with Gasteiger partial charge >= 0.3 is 18.2 Å². The Kier molecular flexibility index (Phi) is 8.04. The number of rotatable bonds is 6. The number of carboxylic acids is 1. The maximum absolute atomic E-state index is 13.1. The van der Waals surface area contributed by atoms with E-state index in [4.69, 9.17) is 11.6 Å². The Hall–Kier alpha value is -3.06. The van der Waals surface area contributed by atoms with Crippen molar-refractivity contribution in [3.05, 3.63) is 28.8 Å². The van der Waals surface area contributed by atoms with Gasteiger partial charge in [-0.3, -0.25) is 9.59 Å². The number of halogens is 4. The molecule has 14 heteroatoms. The molecule has 0 aromatic heterocycles. The molecule has 39 heavy (non-hydrogen) atoms. The number of amides is 4. The summed E-state index contributed by atoms with van der Waals surface area (Å²) in [6, 6.07) is -0.379. The molecule has 214 valence electrons. The minimum Gasteiger partial charge on any atom is -0.480 e. The molecule has 0 radical (unpaired) electrons. The lowest BCUT2D eigenvalue weighted by Crippen LogP contribution is -2.62. The quantitative estimate of drug-likeness (QED) is 0.479. The molecule has 1 aromatic carbocycles. The number of benzene rings is 1. The van der Waals surface area contributed by atoms with E-state index < -0.39 is 52.9 Å². The van der Waals surface area contributed by atoms with Gasteiger partial charge in [-0.25, -0.2) is 9.59 Å². The zero-order valence-corrected chi connectivity index (χ0v) is 22.0. The van der Waals surface area contributed by atoms with Crippen molar-refractivity contribution in [2.45, 2.75) is 63.4 Å². The van der Waals surface area contributed by atoms with Crippen molar-refractivity contribution >= 4 is 41.1 Å². The predicted octanol–water partition coefficient (Wildman–Crippen LogP) is 3.03. The van der Waals surface area contributed by atoms with Crippen molar-refractivity contribution in [1.82, 2.24) is 14.7 Å². The van der Waals surface area contributed by atoms with Crippen molar-refractivity contribution < 1.29 is 42.6 Å². The fourth-order valence-corrected chi connectivity index (χ4v) is 5.60. The molecule has 3 atom stereocenters. The molecule has 1 saturated carbocycles. The summed E-state index contributed by atoms with van der Waals surface area (Å²) >= 11 is 5.70. The van der Waals surface area contributed by atoms with Crippen LogP contribution in [0, 0.1) is 5.41 Å². The first-order valence-electron chi connectivity index (χ1n) is 12.7. The van der Waals surface area contributed by atoms with Crippen LogP contribution in [0.15, 0.2) is 18.2 Å². The standard InChI is InChI=1S/C25H30ClF3N4O6/c1-14-21(36)33(11-10-32(14)23(39)30-15-2-3-16(17(26)12-15)25(27,28)29)18(22(37)38)4-5-20(35)31-9-8-24(6-7-24)19(34)13-31/h2-3,12,14,18-19,34H,4-11,13H2,1H3,(H,30,39)(H,37,38)/t14-,18-,19+/m0/s1. The number of nitrogens with one attached hydrogen (secondary N) is 1. The second-order valence-electron chi connectivity index (χ2n) is 10.4. The van der Waals surface area contributed by atoms with E-state index in [1.54, 1.807) is 0 Å². The van der Waals surface area contributed by atoms with Crippen molar-refractivity contribution in [1.29, 1.82) is 0 Å².